The van der Waals surface area contributed by atoms with Crippen molar-refractivity contribution in [3.05, 3.63) is 71.8 Å². The van der Waals surface area contributed by atoms with Crippen LogP contribution in [0.1, 0.15) is 25.0 Å². The molecule has 2 aromatic carbocycles. The molecule has 0 radical (unpaired) electrons. The molecule has 2 fully saturated rings. The number of carbonyl (C=O) groups is 2. The highest BCUT2D eigenvalue weighted by atomic mass is 16.8. The molecule has 0 amide bonds. The van der Waals surface area contributed by atoms with Crippen LogP contribution in [0.15, 0.2) is 60.7 Å². The Morgan fingerprint density at radius 2 is 1.52 bits per heavy atom. The largest absolute Gasteiger partial charge is 0.453 e. The molecule has 1 spiro atoms. The van der Waals surface area contributed by atoms with Gasteiger partial charge >= 0.3 is 11.9 Å². The second-order valence-electron chi connectivity index (χ2n) is 8.08. The first kappa shape index (κ1) is 21.5. The van der Waals surface area contributed by atoms with Crippen molar-refractivity contribution in [2.75, 3.05) is 13.1 Å². The molecule has 1 unspecified atom stereocenters. The fourth-order valence-corrected chi connectivity index (χ4v) is 4.30. The highest BCUT2D eigenvalue weighted by Gasteiger charge is 2.64. The topological polar surface area (TPSA) is 74.3 Å². The van der Waals surface area contributed by atoms with E-state index in [1.54, 1.807) is 0 Å². The summed E-state index contributed by atoms with van der Waals surface area (Å²) in [6.07, 6.45) is -2.39. The monoisotopic (exact) mass is 425 g/mol. The van der Waals surface area contributed by atoms with E-state index in [-0.39, 0.29) is 0 Å². The van der Waals surface area contributed by atoms with Crippen molar-refractivity contribution in [3.8, 4) is 0 Å². The molecule has 164 valence electrons. The Labute approximate surface area is 181 Å². The number of benzene rings is 2. The van der Waals surface area contributed by atoms with Gasteiger partial charge < -0.3 is 18.9 Å². The Morgan fingerprint density at radius 3 is 2.10 bits per heavy atom. The van der Waals surface area contributed by atoms with Crippen LogP contribution in [0.2, 0.25) is 0 Å². The molecular weight excluding hydrogens is 398 g/mol. The normalized spacial score (nSPS) is 24.5. The number of carbonyl (C=O) groups excluding carboxylic acids is 2. The second kappa shape index (κ2) is 9.18. The Hall–Kier alpha value is -2.74. The van der Waals surface area contributed by atoms with Crippen LogP contribution in [0.25, 0.3) is 0 Å². The van der Waals surface area contributed by atoms with Crippen molar-refractivity contribution in [2.24, 2.45) is 0 Å². The van der Waals surface area contributed by atoms with Crippen molar-refractivity contribution in [2.45, 2.75) is 51.1 Å². The van der Waals surface area contributed by atoms with E-state index >= 15 is 0 Å². The third kappa shape index (κ3) is 4.95. The lowest BCUT2D eigenvalue weighted by atomic mass is 9.86. The van der Waals surface area contributed by atoms with Gasteiger partial charge in [0.25, 0.3) is 0 Å². The van der Waals surface area contributed by atoms with Crippen LogP contribution >= 0.6 is 0 Å². The molecular formula is C24H27NO6. The molecule has 0 aliphatic carbocycles. The van der Waals surface area contributed by atoms with E-state index in [4.69, 9.17) is 18.9 Å². The number of nitrogens with zero attached hydrogens (tertiary/aromatic N) is 1. The summed E-state index contributed by atoms with van der Waals surface area (Å²) in [5.41, 5.74) is 1.48. The molecule has 0 bridgehead atoms. The molecule has 31 heavy (non-hydrogen) atoms. The molecule has 0 aromatic heterocycles. The molecule has 7 heteroatoms. The van der Waals surface area contributed by atoms with E-state index in [0.29, 0.717) is 19.7 Å². The fraction of sp³-hybridized carbons (Fsp3) is 0.417. The quantitative estimate of drug-likeness (QED) is 0.632. The predicted molar refractivity (Wildman–Crippen MR) is 112 cm³/mol. The molecule has 3 atom stereocenters. The summed E-state index contributed by atoms with van der Waals surface area (Å²) in [6.45, 7) is 4.90. The molecule has 2 saturated heterocycles. The van der Waals surface area contributed by atoms with Gasteiger partial charge in [-0.1, -0.05) is 60.7 Å². The first-order chi connectivity index (χ1) is 14.9. The molecule has 2 aromatic rings. The van der Waals surface area contributed by atoms with Crippen LogP contribution in [-0.4, -0.2) is 54.0 Å². The van der Waals surface area contributed by atoms with E-state index in [1.165, 1.54) is 19.4 Å². The molecule has 2 aliphatic rings. The summed E-state index contributed by atoms with van der Waals surface area (Å²) in [4.78, 5) is 25.7. The molecule has 7 nitrogen and oxygen atoms in total. The van der Waals surface area contributed by atoms with Gasteiger partial charge in [0.15, 0.2) is 6.10 Å². The van der Waals surface area contributed by atoms with Gasteiger partial charge in [-0.05, 0) is 11.1 Å². The second-order valence-corrected chi connectivity index (χ2v) is 8.08. The number of rotatable bonds is 7. The van der Waals surface area contributed by atoms with Crippen LogP contribution in [0.4, 0.5) is 0 Å². The summed E-state index contributed by atoms with van der Waals surface area (Å²) in [7, 11) is 0. The molecule has 4 rings (SSSR count). The number of hydrogen-bond donors (Lipinski definition) is 0. The lowest BCUT2D eigenvalue weighted by Gasteiger charge is -2.49. The highest BCUT2D eigenvalue weighted by molar-refractivity contribution is 5.67. The van der Waals surface area contributed by atoms with Gasteiger partial charge in [0.2, 0.25) is 6.29 Å². The third-order valence-corrected chi connectivity index (χ3v) is 5.52. The van der Waals surface area contributed by atoms with Crippen LogP contribution in [0.5, 0.6) is 0 Å². The Kier molecular flexibility index (Phi) is 6.36. The minimum atomic E-state index is -0.999. The van der Waals surface area contributed by atoms with Gasteiger partial charge in [-0.3, -0.25) is 14.5 Å². The first-order valence-electron chi connectivity index (χ1n) is 10.4. The zero-order valence-corrected chi connectivity index (χ0v) is 17.7. The van der Waals surface area contributed by atoms with E-state index < -0.39 is 36.0 Å². The minimum absolute atomic E-state index is 0.333. The maximum atomic E-state index is 11.8. The SMILES string of the molecule is CC(=O)OC1OC2(CN(Cc3ccccc3)C2)[C@H](OCc2ccccc2)[C@H]1OC(C)=O. The van der Waals surface area contributed by atoms with Crippen molar-refractivity contribution in [3.63, 3.8) is 0 Å². The van der Waals surface area contributed by atoms with E-state index in [9.17, 15) is 9.59 Å². The lowest BCUT2D eigenvalue weighted by molar-refractivity contribution is -0.229. The van der Waals surface area contributed by atoms with Gasteiger partial charge in [-0.2, -0.15) is 0 Å². The Balaban J connectivity index is 1.52. The van der Waals surface area contributed by atoms with Crippen molar-refractivity contribution in [1.82, 2.24) is 4.90 Å². The maximum absolute atomic E-state index is 11.8. The van der Waals surface area contributed by atoms with Gasteiger partial charge in [-0.15, -0.1) is 0 Å². The van der Waals surface area contributed by atoms with Crippen LogP contribution in [-0.2, 0) is 41.7 Å². The molecule has 2 heterocycles. The van der Waals surface area contributed by atoms with E-state index in [0.717, 1.165) is 12.1 Å². The first-order valence-corrected chi connectivity index (χ1v) is 10.4. The van der Waals surface area contributed by atoms with Gasteiger partial charge in [0.1, 0.15) is 11.7 Å². The Morgan fingerprint density at radius 1 is 0.935 bits per heavy atom. The van der Waals surface area contributed by atoms with Crippen LogP contribution < -0.4 is 0 Å². The summed E-state index contributed by atoms with van der Waals surface area (Å²) in [6, 6.07) is 19.9. The number of likely N-dealkylation sites (tertiary alicyclic amines) is 1. The average Bonchev–Trinajstić information content (AvgIpc) is 3.00. The Bertz CT molecular complexity index is 897. The van der Waals surface area contributed by atoms with Gasteiger partial charge in [-0.25, -0.2) is 0 Å². The van der Waals surface area contributed by atoms with Gasteiger partial charge in [0.05, 0.1) is 6.61 Å². The number of esters is 2. The van der Waals surface area contributed by atoms with Crippen molar-refractivity contribution in [1.29, 1.82) is 0 Å². The molecule has 0 N–H and O–H groups in total. The maximum Gasteiger partial charge on any atom is 0.305 e. The summed E-state index contributed by atoms with van der Waals surface area (Å²) >= 11 is 0. The lowest BCUT2D eigenvalue weighted by Crippen LogP contribution is -2.67. The predicted octanol–water partition coefficient (Wildman–Crippen LogP) is 2.68. The van der Waals surface area contributed by atoms with Gasteiger partial charge in [0, 0.05) is 33.5 Å². The minimum Gasteiger partial charge on any atom is -0.453 e. The summed E-state index contributed by atoms with van der Waals surface area (Å²) < 4.78 is 23.3. The van der Waals surface area contributed by atoms with E-state index in [1.807, 2.05) is 48.5 Å². The van der Waals surface area contributed by atoms with E-state index in [2.05, 4.69) is 17.0 Å². The standard InChI is InChI=1S/C24H27NO6/c1-17(26)29-21-22(28-14-20-11-7-4-8-12-20)24(31-23(21)30-18(2)27)15-25(16-24)13-19-9-5-3-6-10-19/h3-12,21-23H,13-16H2,1-2H3/t21-,22-,23?/m1/s1. The number of ether oxygens (including phenoxy) is 4. The van der Waals surface area contributed by atoms with Crippen molar-refractivity contribution < 1.29 is 28.5 Å². The fourth-order valence-electron chi connectivity index (χ4n) is 4.30. The average molecular weight is 425 g/mol. The summed E-state index contributed by atoms with van der Waals surface area (Å²) in [5, 5.41) is 0. The highest BCUT2D eigenvalue weighted by Crippen LogP contribution is 2.43. The van der Waals surface area contributed by atoms with Crippen LogP contribution in [0, 0.1) is 0 Å². The summed E-state index contributed by atoms with van der Waals surface area (Å²) in [5.74, 6) is -0.974. The zero-order chi connectivity index (χ0) is 21.8. The molecule has 0 saturated carbocycles. The third-order valence-electron chi connectivity index (χ3n) is 5.52. The van der Waals surface area contributed by atoms with Crippen molar-refractivity contribution >= 4 is 11.9 Å². The van der Waals surface area contributed by atoms with Crippen LogP contribution in [0.3, 0.4) is 0 Å². The molecule has 2 aliphatic heterocycles. The smallest absolute Gasteiger partial charge is 0.305 e. The zero-order valence-electron chi connectivity index (χ0n) is 17.7. The number of hydrogen-bond acceptors (Lipinski definition) is 7.